The topological polar surface area (TPSA) is 71.3 Å². The van der Waals surface area contributed by atoms with Gasteiger partial charge >= 0.3 is 0 Å². The zero-order chi connectivity index (χ0) is 17.8. The first-order chi connectivity index (χ1) is 12.0. The Morgan fingerprint density at radius 3 is 2.16 bits per heavy atom. The molecule has 0 spiro atoms. The molecule has 2 N–H and O–H groups in total. The molecule has 2 aromatic carbocycles. The van der Waals surface area contributed by atoms with Crippen molar-refractivity contribution in [1.29, 1.82) is 0 Å². The van der Waals surface area contributed by atoms with Gasteiger partial charge in [-0.2, -0.15) is 0 Å². The highest BCUT2D eigenvalue weighted by Crippen LogP contribution is 2.25. The molecule has 1 heterocycles. The van der Waals surface area contributed by atoms with E-state index in [-0.39, 0.29) is 17.4 Å². The fourth-order valence-corrected chi connectivity index (χ4v) is 2.30. The third kappa shape index (κ3) is 3.92. The Kier molecular flexibility index (Phi) is 4.61. The van der Waals surface area contributed by atoms with Crippen molar-refractivity contribution in [3.05, 3.63) is 72.2 Å². The monoisotopic (exact) mass is 338 g/mol. The van der Waals surface area contributed by atoms with Crippen LogP contribution in [-0.4, -0.2) is 11.8 Å². The largest absolute Gasteiger partial charge is 0.451 e. The molecule has 0 saturated heterocycles. The molecule has 5 nitrogen and oxygen atoms in total. The van der Waals surface area contributed by atoms with Crippen molar-refractivity contribution in [2.75, 3.05) is 10.6 Å². The maximum Gasteiger partial charge on any atom is 0.291 e. The lowest BCUT2D eigenvalue weighted by Gasteiger charge is -2.05. The van der Waals surface area contributed by atoms with Crippen LogP contribution in [0, 0.1) is 5.82 Å². The second-order valence-corrected chi connectivity index (χ2v) is 5.36. The van der Waals surface area contributed by atoms with Gasteiger partial charge in [0.2, 0.25) is 5.91 Å². The molecule has 3 rings (SSSR count). The van der Waals surface area contributed by atoms with Crippen LogP contribution in [0.2, 0.25) is 0 Å². The van der Waals surface area contributed by atoms with Crippen LogP contribution in [0.1, 0.15) is 17.5 Å². The van der Waals surface area contributed by atoms with E-state index in [1.54, 1.807) is 48.5 Å². The third-order valence-electron chi connectivity index (χ3n) is 3.43. The highest BCUT2D eigenvalue weighted by molar-refractivity contribution is 6.02. The van der Waals surface area contributed by atoms with Crippen molar-refractivity contribution in [3.8, 4) is 11.3 Å². The SMILES string of the molecule is CC(=O)Nc1ccc(NC(=O)c2ccc(-c3ccccc3F)o2)cc1. The summed E-state index contributed by atoms with van der Waals surface area (Å²) in [6.45, 7) is 1.42. The van der Waals surface area contributed by atoms with Crippen LogP contribution in [0.15, 0.2) is 65.1 Å². The molecule has 2 amide bonds. The van der Waals surface area contributed by atoms with Crippen molar-refractivity contribution in [2.24, 2.45) is 0 Å². The van der Waals surface area contributed by atoms with Gasteiger partial charge in [-0.15, -0.1) is 0 Å². The number of hydrogen-bond acceptors (Lipinski definition) is 3. The second kappa shape index (κ2) is 7.00. The highest BCUT2D eigenvalue weighted by atomic mass is 19.1. The number of rotatable bonds is 4. The Hall–Kier alpha value is -3.41. The lowest BCUT2D eigenvalue weighted by atomic mass is 10.1. The predicted octanol–water partition coefficient (Wildman–Crippen LogP) is 4.30. The summed E-state index contributed by atoms with van der Waals surface area (Å²) in [6.07, 6.45) is 0. The second-order valence-electron chi connectivity index (χ2n) is 5.36. The molecule has 0 saturated carbocycles. The number of amides is 2. The quantitative estimate of drug-likeness (QED) is 0.745. The average molecular weight is 338 g/mol. The van der Waals surface area contributed by atoms with E-state index < -0.39 is 11.7 Å². The van der Waals surface area contributed by atoms with Gasteiger partial charge < -0.3 is 15.1 Å². The van der Waals surface area contributed by atoms with Gasteiger partial charge in [0.25, 0.3) is 5.91 Å². The van der Waals surface area contributed by atoms with E-state index in [9.17, 15) is 14.0 Å². The minimum absolute atomic E-state index is 0.0733. The molecule has 0 unspecified atom stereocenters. The van der Waals surface area contributed by atoms with Gasteiger partial charge in [0.1, 0.15) is 11.6 Å². The fourth-order valence-electron chi connectivity index (χ4n) is 2.30. The Morgan fingerprint density at radius 1 is 0.880 bits per heavy atom. The molecule has 0 radical (unpaired) electrons. The zero-order valence-corrected chi connectivity index (χ0v) is 13.4. The van der Waals surface area contributed by atoms with E-state index in [0.717, 1.165) is 0 Å². The van der Waals surface area contributed by atoms with Crippen molar-refractivity contribution in [1.82, 2.24) is 0 Å². The van der Waals surface area contributed by atoms with E-state index in [0.29, 0.717) is 16.9 Å². The van der Waals surface area contributed by atoms with Crippen LogP contribution in [0.25, 0.3) is 11.3 Å². The number of hydrogen-bond donors (Lipinski definition) is 2. The molecule has 3 aromatic rings. The first-order valence-corrected chi connectivity index (χ1v) is 7.56. The molecule has 0 fully saturated rings. The van der Waals surface area contributed by atoms with Crippen LogP contribution in [0.4, 0.5) is 15.8 Å². The van der Waals surface area contributed by atoms with Crippen molar-refractivity contribution >= 4 is 23.2 Å². The molecule has 0 atom stereocenters. The van der Waals surface area contributed by atoms with Gasteiger partial charge in [-0.3, -0.25) is 9.59 Å². The Balaban J connectivity index is 1.72. The lowest BCUT2D eigenvalue weighted by Crippen LogP contribution is -2.11. The van der Waals surface area contributed by atoms with Crippen LogP contribution in [0.5, 0.6) is 0 Å². The van der Waals surface area contributed by atoms with E-state index in [2.05, 4.69) is 10.6 Å². The van der Waals surface area contributed by atoms with E-state index in [1.807, 2.05) is 0 Å². The molecule has 1 aromatic heterocycles. The number of carbonyl (C=O) groups excluding carboxylic acids is 2. The fraction of sp³-hybridized carbons (Fsp3) is 0.0526. The van der Waals surface area contributed by atoms with Gasteiger partial charge in [-0.05, 0) is 48.5 Å². The maximum atomic E-state index is 13.8. The number of furan rings is 1. The summed E-state index contributed by atoms with van der Waals surface area (Å²) in [5.74, 6) is -0.686. The Labute approximate surface area is 143 Å². The minimum Gasteiger partial charge on any atom is -0.451 e. The zero-order valence-electron chi connectivity index (χ0n) is 13.4. The smallest absolute Gasteiger partial charge is 0.291 e. The normalized spacial score (nSPS) is 10.3. The summed E-state index contributed by atoms with van der Waals surface area (Å²) < 4.78 is 19.2. The summed E-state index contributed by atoms with van der Waals surface area (Å²) in [6, 6.07) is 15.9. The summed E-state index contributed by atoms with van der Waals surface area (Å²) in [4.78, 5) is 23.2. The molecule has 0 aliphatic heterocycles. The van der Waals surface area contributed by atoms with Crippen LogP contribution in [0.3, 0.4) is 0 Å². The molecular formula is C19H15FN2O3. The van der Waals surface area contributed by atoms with Gasteiger partial charge in [-0.1, -0.05) is 12.1 Å². The van der Waals surface area contributed by atoms with E-state index in [1.165, 1.54) is 19.1 Å². The first-order valence-electron chi connectivity index (χ1n) is 7.56. The standard InChI is InChI=1S/C19H15FN2O3/c1-12(23)21-13-6-8-14(9-7-13)22-19(24)18-11-10-17(25-18)15-4-2-3-5-16(15)20/h2-11H,1H3,(H,21,23)(H,22,24). The van der Waals surface area contributed by atoms with Gasteiger partial charge in [0.05, 0.1) is 5.56 Å². The maximum absolute atomic E-state index is 13.8. The van der Waals surface area contributed by atoms with Gasteiger partial charge in [0, 0.05) is 18.3 Å². The van der Waals surface area contributed by atoms with Crippen LogP contribution in [-0.2, 0) is 4.79 Å². The highest BCUT2D eigenvalue weighted by Gasteiger charge is 2.14. The molecule has 0 bridgehead atoms. The van der Waals surface area contributed by atoms with Crippen LogP contribution >= 0.6 is 0 Å². The summed E-state index contributed by atoms with van der Waals surface area (Å²) in [5.41, 5.74) is 1.47. The minimum atomic E-state index is -0.449. The number of benzene rings is 2. The lowest BCUT2D eigenvalue weighted by molar-refractivity contribution is -0.114. The number of nitrogens with one attached hydrogen (secondary N) is 2. The third-order valence-corrected chi connectivity index (χ3v) is 3.43. The molecule has 25 heavy (non-hydrogen) atoms. The van der Waals surface area contributed by atoms with Gasteiger partial charge in [-0.25, -0.2) is 4.39 Å². The molecular weight excluding hydrogens is 323 g/mol. The molecule has 6 heteroatoms. The van der Waals surface area contributed by atoms with Crippen molar-refractivity contribution in [3.63, 3.8) is 0 Å². The predicted molar refractivity (Wildman–Crippen MR) is 92.8 cm³/mol. The van der Waals surface area contributed by atoms with E-state index >= 15 is 0 Å². The number of carbonyl (C=O) groups is 2. The Morgan fingerprint density at radius 2 is 1.52 bits per heavy atom. The Bertz CT molecular complexity index is 916. The number of halogens is 1. The summed E-state index contributed by atoms with van der Waals surface area (Å²) >= 11 is 0. The first kappa shape index (κ1) is 16.4. The van der Waals surface area contributed by atoms with Crippen molar-refractivity contribution < 1.29 is 18.4 Å². The summed E-state index contributed by atoms with van der Waals surface area (Å²) in [5, 5.41) is 5.32. The van der Waals surface area contributed by atoms with E-state index in [4.69, 9.17) is 4.42 Å². The van der Waals surface area contributed by atoms with Gasteiger partial charge in [0.15, 0.2) is 5.76 Å². The average Bonchev–Trinajstić information content (AvgIpc) is 3.06. The van der Waals surface area contributed by atoms with Crippen molar-refractivity contribution in [2.45, 2.75) is 6.92 Å². The van der Waals surface area contributed by atoms with Crippen LogP contribution < -0.4 is 10.6 Å². The molecule has 0 aliphatic rings. The molecule has 126 valence electrons. The summed E-state index contributed by atoms with van der Waals surface area (Å²) in [7, 11) is 0. The molecule has 0 aliphatic carbocycles. The number of anilines is 2.